The Kier molecular flexibility index (Phi) is 5.97. The number of nitrogens with zero attached hydrogens (tertiary/aromatic N) is 5. The molecular weight excluding hydrogens is 530 g/mol. The lowest BCUT2D eigenvalue weighted by atomic mass is 10.1. The summed E-state index contributed by atoms with van der Waals surface area (Å²) in [5, 5.41) is 18.3. The minimum atomic E-state index is -0.392. The number of hydrogen-bond acceptors (Lipinski definition) is 6. The third-order valence-electron chi connectivity index (χ3n) is 7.44. The van der Waals surface area contributed by atoms with Gasteiger partial charge in [-0.1, -0.05) is 60.7 Å². The number of fused-ring (bicyclic) bond motifs is 3. The number of nitro benzene ring substituents is 1. The Hall–Kier alpha value is -5.83. The van der Waals surface area contributed by atoms with E-state index < -0.39 is 4.92 Å². The van der Waals surface area contributed by atoms with E-state index in [-0.39, 0.29) is 11.2 Å². The van der Waals surface area contributed by atoms with E-state index in [4.69, 9.17) is 14.5 Å². The molecule has 9 heteroatoms. The highest BCUT2D eigenvalue weighted by Gasteiger charge is 2.18. The van der Waals surface area contributed by atoms with Crippen LogP contribution in [0.3, 0.4) is 0 Å². The van der Waals surface area contributed by atoms with Gasteiger partial charge in [0.05, 0.1) is 22.0 Å². The van der Waals surface area contributed by atoms with Gasteiger partial charge in [0.15, 0.2) is 5.76 Å². The Labute approximate surface area is 238 Å². The van der Waals surface area contributed by atoms with Gasteiger partial charge in [-0.15, -0.1) is 0 Å². The number of aromatic nitrogens is 3. The molecule has 0 fully saturated rings. The number of benzene rings is 4. The molecule has 0 saturated carbocycles. The maximum Gasteiger partial charge on any atom is 0.282 e. The van der Waals surface area contributed by atoms with Crippen molar-refractivity contribution >= 4 is 44.7 Å². The molecule has 0 amide bonds. The number of non-ortho nitro benzene ring substituents is 1. The van der Waals surface area contributed by atoms with E-state index in [1.54, 1.807) is 36.5 Å². The second kappa shape index (κ2) is 9.97. The molecule has 3 heterocycles. The van der Waals surface area contributed by atoms with Crippen LogP contribution >= 0.6 is 0 Å². The lowest BCUT2D eigenvalue weighted by Gasteiger charge is -2.09. The van der Waals surface area contributed by atoms with Crippen LogP contribution in [-0.2, 0) is 6.54 Å². The summed E-state index contributed by atoms with van der Waals surface area (Å²) in [6.45, 7) is 2.41. The van der Waals surface area contributed by atoms with E-state index in [2.05, 4.69) is 4.57 Å². The van der Waals surface area contributed by atoms with E-state index in [0.29, 0.717) is 34.6 Å². The molecule has 0 spiro atoms. The van der Waals surface area contributed by atoms with Crippen LogP contribution in [0.2, 0.25) is 0 Å². The van der Waals surface area contributed by atoms with Crippen LogP contribution in [0.1, 0.15) is 16.8 Å². The molecule has 0 aliphatic carbocycles. The van der Waals surface area contributed by atoms with Gasteiger partial charge >= 0.3 is 0 Å². The van der Waals surface area contributed by atoms with Crippen LogP contribution in [-0.4, -0.2) is 25.4 Å². The van der Waals surface area contributed by atoms with Crippen molar-refractivity contribution in [3.8, 4) is 11.6 Å². The van der Waals surface area contributed by atoms with Crippen molar-refractivity contribution in [1.29, 1.82) is 0 Å². The van der Waals surface area contributed by atoms with Crippen molar-refractivity contribution in [2.24, 2.45) is 5.10 Å². The monoisotopic (exact) mass is 553 g/mol. The predicted octanol–water partition coefficient (Wildman–Crippen LogP) is 6.91. The highest BCUT2D eigenvalue weighted by atomic mass is 16.6. The molecule has 4 aromatic carbocycles. The zero-order valence-corrected chi connectivity index (χ0v) is 22.5. The largest absolute Gasteiger partial charge is 0.453 e. The first-order valence-electron chi connectivity index (χ1n) is 13.3. The fraction of sp³-hybridized carbons (Fsp3) is 0.0606. The molecule has 9 nitrogen and oxygen atoms in total. The molecule has 0 saturated heterocycles. The minimum Gasteiger partial charge on any atom is -0.453 e. The average molecular weight is 554 g/mol. The molecule has 0 unspecified atom stereocenters. The van der Waals surface area contributed by atoms with E-state index in [9.17, 15) is 14.9 Å². The molecule has 0 aliphatic heterocycles. The first-order valence-corrected chi connectivity index (χ1v) is 13.3. The molecule has 7 aromatic rings. The van der Waals surface area contributed by atoms with Gasteiger partial charge in [-0.2, -0.15) is 9.78 Å². The second-order valence-corrected chi connectivity index (χ2v) is 9.99. The summed E-state index contributed by atoms with van der Waals surface area (Å²) in [6.07, 6.45) is 1.67. The molecule has 0 atom stereocenters. The predicted molar refractivity (Wildman–Crippen MR) is 163 cm³/mol. The van der Waals surface area contributed by atoms with Gasteiger partial charge in [-0.3, -0.25) is 14.9 Å². The Morgan fingerprint density at radius 1 is 0.929 bits per heavy atom. The highest BCUT2D eigenvalue weighted by molar-refractivity contribution is 6.01. The normalized spacial score (nSPS) is 11.7. The summed E-state index contributed by atoms with van der Waals surface area (Å²) in [7, 11) is 0. The van der Waals surface area contributed by atoms with Crippen molar-refractivity contribution in [3.05, 3.63) is 140 Å². The number of hydrogen-bond donors (Lipinski definition) is 0. The molecule has 7 rings (SSSR count). The van der Waals surface area contributed by atoms with Crippen LogP contribution in [0, 0.1) is 17.0 Å². The SMILES string of the molecule is Cc1c(C=Nn2c(-c3cc4ccccc4o3)nc3ccccc3c2=O)c2ccccc2n1Cc1cccc([N+](=O)[O-])c1. The molecule has 204 valence electrons. The Balaban J connectivity index is 1.38. The maximum absolute atomic E-state index is 13.7. The van der Waals surface area contributed by atoms with Gasteiger partial charge in [0.1, 0.15) is 5.58 Å². The van der Waals surface area contributed by atoms with Crippen molar-refractivity contribution in [1.82, 2.24) is 14.2 Å². The standard InChI is InChI=1S/C33H23N5O4/c1-21-27(25-12-4-6-15-29(25)36(21)20-22-9-8-11-24(17-22)38(40)41)19-34-37-32(31-18-23-10-2-7-16-30(23)42-31)35-28-14-5-3-13-26(28)33(37)39/h2-19H,20H2,1H3. The van der Waals surface area contributed by atoms with Gasteiger partial charge in [-0.25, -0.2) is 4.98 Å². The van der Waals surface area contributed by atoms with Crippen molar-refractivity contribution in [2.45, 2.75) is 13.5 Å². The fourth-order valence-corrected chi connectivity index (χ4v) is 5.37. The van der Waals surface area contributed by atoms with Gasteiger partial charge < -0.3 is 8.98 Å². The summed E-state index contributed by atoms with van der Waals surface area (Å²) in [5.74, 6) is 0.727. The third kappa shape index (κ3) is 4.24. The van der Waals surface area contributed by atoms with Crippen LogP contribution < -0.4 is 5.56 Å². The second-order valence-electron chi connectivity index (χ2n) is 9.99. The first-order chi connectivity index (χ1) is 20.5. The molecule has 0 N–H and O–H groups in total. The van der Waals surface area contributed by atoms with E-state index in [0.717, 1.165) is 33.1 Å². The average Bonchev–Trinajstić information content (AvgIpc) is 3.56. The third-order valence-corrected chi connectivity index (χ3v) is 7.44. The molecule has 0 radical (unpaired) electrons. The summed E-state index contributed by atoms with van der Waals surface area (Å²) < 4.78 is 9.47. The smallest absolute Gasteiger partial charge is 0.282 e. The van der Waals surface area contributed by atoms with Gasteiger partial charge in [-0.05, 0) is 42.8 Å². The zero-order valence-electron chi connectivity index (χ0n) is 22.5. The van der Waals surface area contributed by atoms with Crippen molar-refractivity contribution < 1.29 is 9.34 Å². The summed E-state index contributed by atoms with van der Waals surface area (Å²) in [5.41, 5.74) is 4.45. The number of furan rings is 1. The Morgan fingerprint density at radius 3 is 2.52 bits per heavy atom. The van der Waals surface area contributed by atoms with E-state index in [1.807, 2.05) is 73.7 Å². The Bertz CT molecular complexity index is 2220. The molecule has 0 aliphatic rings. The molecule has 0 bridgehead atoms. The molecular formula is C33H23N5O4. The zero-order chi connectivity index (χ0) is 28.8. The Morgan fingerprint density at radius 2 is 1.69 bits per heavy atom. The van der Waals surface area contributed by atoms with Crippen LogP contribution in [0.15, 0.2) is 117 Å². The van der Waals surface area contributed by atoms with Gasteiger partial charge in [0.25, 0.3) is 11.2 Å². The highest BCUT2D eigenvalue weighted by Crippen LogP contribution is 2.29. The first kappa shape index (κ1) is 25.2. The van der Waals surface area contributed by atoms with E-state index in [1.165, 1.54) is 10.7 Å². The summed E-state index contributed by atoms with van der Waals surface area (Å²) >= 11 is 0. The fourth-order valence-electron chi connectivity index (χ4n) is 5.37. The quantitative estimate of drug-likeness (QED) is 0.126. The van der Waals surface area contributed by atoms with Crippen molar-refractivity contribution in [2.75, 3.05) is 0 Å². The number of rotatable bonds is 6. The lowest BCUT2D eigenvalue weighted by molar-refractivity contribution is -0.384. The maximum atomic E-state index is 13.7. The lowest BCUT2D eigenvalue weighted by Crippen LogP contribution is -2.20. The van der Waals surface area contributed by atoms with Crippen LogP contribution in [0.25, 0.3) is 44.4 Å². The van der Waals surface area contributed by atoms with Crippen LogP contribution in [0.4, 0.5) is 5.69 Å². The summed E-state index contributed by atoms with van der Waals surface area (Å²) in [4.78, 5) is 29.5. The van der Waals surface area contributed by atoms with E-state index >= 15 is 0 Å². The van der Waals surface area contributed by atoms with Crippen LogP contribution in [0.5, 0.6) is 0 Å². The van der Waals surface area contributed by atoms with Gasteiger partial charge in [0, 0.05) is 46.2 Å². The summed E-state index contributed by atoms with van der Waals surface area (Å²) in [6, 6.07) is 31.2. The topological polar surface area (TPSA) is 108 Å². The molecule has 3 aromatic heterocycles. The number of para-hydroxylation sites is 3. The number of nitro groups is 1. The van der Waals surface area contributed by atoms with Crippen molar-refractivity contribution in [3.63, 3.8) is 0 Å². The minimum absolute atomic E-state index is 0.0460. The van der Waals surface area contributed by atoms with Gasteiger partial charge in [0.2, 0.25) is 5.82 Å². The molecule has 42 heavy (non-hydrogen) atoms.